The molecule has 2 rings (SSSR count). The number of ketones is 1. The minimum Gasteiger partial charge on any atom is -0.489 e. The molecule has 0 fully saturated rings. The lowest BCUT2D eigenvalue weighted by Crippen LogP contribution is -2.21. The molecule has 0 radical (unpaired) electrons. The third-order valence-corrected chi connectivity index (χ3v) is 3.27. The molecule has 4 heteroatoms. The number of amides is 1. The topological polar surface area (TPSA) is 46.6 Å². The van der Waals surface area contributed by atoms with Crippen LogP contribution in [-0.4, -0.2) is 30.7 Å². The predicted octanol–water partition coefficient (Wildman–Crippen LogP) is 3.17. The molecule has 0 heterocycles. The zero-order valence-corrected chi connectivity index (χ0v) is 13.0. The van der Waals surface area contributed by atoms with Gasteiger partial charge in [0.1, 0.15) is 12.4 Å². The van der Waals surface area contributed by atoms with Gasteiger partial charge in [-0.1, -0.05) is 12.1 Å². The van der Waals surface area contributed by atoms with Gasteiger partial charge in [-0.3, -0.25) is 9.59 Å². The number of nitrogens with zero attached hydrogens (tertiary/aromatic N) is 1. The van der Waals surface area contributed by atoms with Crippen LogP contribution in [0, 0.1) is 0 Å². The summed E-state index contributed by atoms with van der Waals surface area (Å²) >= 11 is 0. The smallest absolute Gasteiger partial charge is 0.253 e. The van der Waals surface area contributed by atoms with Crippen LogP contribution in [0.15, 0.2) is 48.5 Å². The number of carbonyl (C=O) groups excluding carboxylic acids is 2. The van der Waals surface area contributed by atoms with Gasteiger partial charge in [0.25, 0.3) is 5.91 Å². The summed E-state index contributed by atoms with van der Waals surface area (Å²) in [5.41, 5.74) is 2.30. The van der Waals surface area contributed by atoms with Gasteiger partial charge >= 0.3 is 0 Å². The SMILES string of the molecule is CC(=O)c1ccc(OCc2ccc(C(=O)N(C)C)cc2)cc1. The fourth-order valence-electron chi connectivity index (χ4n) is 1.95. The van der Waals surface area contributed by atoms with E-state index in [1.54, 1.807) is 55.4 Å². The van der Waals surface area contributed by atoms with Crippen molar-refractivity contribution in [1.82, 2.24) is 4.90 Å². The summed E-state index contributed by atoms with van der Waals surface area (Å²) in [4.78, 5) is 24.5. The molecule has 0 N–H and O–H groups in total. The van der Waals surface area contributed by atoms with Gasteiger partial charge in [-0.25, -0.2) is 0 Å². The van der Waals surface area contributed by atoms with E-state index < -0.39 is 0 Å². The quantitative estimate of drug-likeness (QED) is 0.796. The van der Waals surface area contributed by atoms with Crippen molar-refractivity contribution >= 4 is 11.7 Å². The van der Waals surface area contributed by atoms with E-state index in [4.69, 9.17) is 4.74 Å². The Bertz CT molecular complexity index is 658. The van der Waals surface area contributed by atoms with Crippen molar-refractivity contribution in [2.45, 2.75) is 13.5 Å². The largest absolute Gasteiger partial charge is 0.489 e. The molecule has 22 heavy (non-hydrogen) atoms. The molecule has 114 valence electrons. The number of benzene rings is 2. The summed E-state index contributed by atoms with van der Waals surface area (Å²) in [6, 6.07) is 14.4. The zero-order chi connectivity index (χ0) is 16.1. The summed E-state index contributed by atoms with van der Waals surface area (Å²) in [7, 11) is 3.45. The molecule has 0 bridgehead atoms. The van der Waals surface area contributed by atoms with Gasteiger partial charge in [0.15, 0.2) is 5.78 Å². The molecule has 0 aliphatic rings. The van der Waals surface area contributed by atoms with Crippen LogP contribution in [0.25, 0.3) is 0 Å². The Hall–Kier alpha value is -2.62. The molecule has 0 aliphatic heterocycles. The first-order valence-electron chi connectivity index (χ1n) is 7.02. The van der Waals surface area contributed by atoms with Gasteiger partial charge in [-0.05, 0) is 48.9 Å². The van der Waals surface area contributed by atoms with Gasteiger partial charge in [-0.2, -0.15) is 0 Å². The molecular weight excluding hydrogens is 278 g/mol. The summed E-state index contributed by atoms with van der Waals surface area (Å²) in [6.07, 6.45) is 0. The molecule has 0 unspecified atom stereocenters. The van der Waals surface area contributed by atoms with Gasteiger partial charge in [-0.15, -0.1) is 0 Å². The van der Waals surface area contributed by atoms with Crippen molar-refractivity contribution in [2.75, 3.05) is 14.1 Å². The second-order valence-electron chi connectivity index (χ2n) is 5.27. The lowest BCUT2D eigenvalue weighted by molar-refractivity contribution is 0.0827. The van der Waals surface area contributed by atoms with Gasteiger partial charge in [0.05, 0.1) is 0 Å². The number of carbonyl (C=O) groups is 2. The highest BCUT2D eigenvalue weighted by molar-refractivity contribution is 5.94. The Morgan fingerprint density at radius 1 is 0.909 bits per heavy atom. The third-order valence-electron chi connectivity index (χ3n) is 3.27. The van der Waals surface area contributed by atoms with Crippen molar-refractivity contribution in [2.24, 2.45) is 0 Å². The predicted molar refractivity (Wildman–Crippen MR) is 85.2 cm³/mol. The molecule has 2 aromatic rings. The van der Waals surface area contributed by atoms with E-state index in [0.29, 0.717) is 23.5 Å². The molecule has 0 saturated carbocycles. The summed E-state index contributed by atoms with van der Waals surface area (Å²) in [6.45, 7) is 1.95. The van der Waals surface area contributed by atoms with Gasteiger partial charge < -0.3 is 9.64 Å². The van der Waals surface area contributed by atoms with Crippen LogP contribution in [0.5, 0.6) is 5.75 Å². The van der Waals surface area contributed by atoms with Crippen LogP contribution in [-0.2, 0) is 6.61 Å². The lowest BCUT2D eigenvalue weighted by Gasteiger charge is -2.11. The number of ether oxygens (including phenoxy) is 1. The first kappa shape index (κ1) is 15.8. The minimum atomic E-state index is -0.0210. The van der Waals surface area contributed by atoms with Crippen molar-refractivity contribution in [1.29, 1.82) is 0 Å². The Morgan fingerprint density at radius 3 is 1.95 bits per heavy atom. The highest BCUT2D eigenvalue weighted by Crippen LogP contribution is 2.15. The van der Waals surface area contributed by atoms with Crippen molar-refractivity contribution in [3.8, 4) is 5.75 Å². The average Bonchev–Trinajstić information content (AvgIpc) is 2.53. The molecule has 4 nitrogen and oxygen atoms in total. The van der Waals surface area contributed by atoms with E-state index in [1.807, 2.05) is 12.1 Å². The molecule has 0 saturated heterocycles. The minimum absolute atomic E-state index is 0.0210. The highest BCUT2D eigenvalue weighted by Gasteiger charge is 2.07. The number of hydrogen-bond acceptors (Lipinski definition) is 3. The van der Waals surface area contributed by atoms with Crippen molar-refractivity contribution in [3.05, 3.63) is 65.2 Å². The van der Waals surface area contributed by atoms with Gasteiger partial charge in [0, 0.05) is 25.2 Å². The normalized spacial score (nSPS) is 10.1. The maximum absolute atomic E-state index is 11.8. The van der Waals surface area contributed by atoms with Crippen molar-refractivity contribution < 1.29 is 14.3 Å². The second kappa shape index (κ2) is 6.89. The Kier molecular flexibility index (Phi) is 4.94. The zero-order valence-electron chi connectivity index (χ0n) is 13.0. The fourth-order valence-corrected chi connectivity index (χ4v) is 1.95. The molecule has 2 aromatic carbocycles. The Labute approximate surface area is 130 Å². The van der Waals surface area contributed by atoms with Crippen LogP contribution in [0.2, 0.25) is 0 Å². The van der Waals surface area contributed by atoms with Crippen LogP contribution in [0.1, 0.15) is 33.2 Å². The van der Waals surface area contributed by atoms with Gasteiger partial charge in [0.2, 0.25) is 0 Å². The van der Waals surface area contributed by atoms with E-state index >= 15 is 0 Å². The molecule has 0 aromatic heterocycles. The van der Waals surface area contributed by atoms with E-state index in [1.165, 1.54) is 6.92 Å². The summed E-state index contributed by atoms with van der Waals surface area (Å²) in [5.74, 6) is 0.721. The fraction of sp³-hybridized carbons (Fsp3) is 0.222. The van der Waals surface area contributed by atoms with Crippen LogP contribution in [0.3, 0.4) is 0 Å². The number of rotatable bonds is 5. The average molecular weight is 297 g/mol. The molecule has 0 spiro atoms. The lowest BCUT2D eigenvalue weighted by atomic mass is 10.1. The van der Waals surface area contributed by atoms with Crippen LogP contribution in [0.4, 0.5) is 0 Å². The first-order chi connectivity index (χ1) is 10.5. The van der Waals surface area contributed by atoms with E-state index in [2.05, 4.69) is 0 Å². The van der Waals surface area contributed by atoms with Crippen molar-refractivity contribution in [3.63, 3.8) is 0 Å². The monoisotopic (exact) mass is 297 g/mol. The van der Waals surface area contributed by atoms with Crippen LogP contribution < -0.4 is 4.74 Å². The number of Topliss-reactive ketones (excluding diaryl/α,β-unsaturated/α-hetero) is 1. The van der Waals surface area contributed by atoms with E-state index in [-0.39, 0.29) is 11.7 Å². The number of hydrogen-bond donors (Lipinski definition) is 0. The Morgan fingerprint density at radius 2 is 1.45 bits per heavy atom. The summed E-state index contributed by atoms with van der Waals surface area (Å²) in [5, 5.41) is 0. The van der Waals surface area contributed by atoms with Crippen LogP contribution >= 0.6 is 0 Å². The molecule has 0 aliphatic carbocycles. The summed E-state index contributed by atoms with van der Waals surface area (Å²) < 4.78 is 5.67. The Balaban J connectivity index is 1.97. The second-order valence-corrected chi connectivity index (χ2v) is 5.27. The standard InChI is InChI=1S/C18H19NO3/c1-13(20)15-8-10-17(11-9-15)22-12-14-4-6-16(7-5-14)18(21)19(2)3/h4-11H,12H2,1-3H3. The molecular formula is C18H19NO3. The maximum Gasteiger partial charge on any atom is 0.253 e. The molecule has 0 atom stereocenters. The maximum atomic E-state index is 11.8. The first-order valence-corrected chi connectivity index (χ1v) is 7.02. The van der Waals surface area contributed by atoms with E-state index in [0.717, 1.165) is 5.56 Å². The third kappa shape index (κ3) is 3.95. The highest BCUT2D eigenvalue weighted by atomic mass is 16.5. The van der Waals surface area contributed by atoms with E-state index in [9.17, 15) is 9.59 Å². The molecule has 1 amide bonds.